The molecule has 1 saturated heterocycles. The molecule has 120 valence electrons. The molecule has 0 radical (unpaired) electrons. The molecule has 2 heterocycles. The van der Waals surface area contributed by atoms with E-state index in [1.54, 1.807) is 0 Å². The van der Waals surface area contributed by atoms with Gasteiger partial charge >= 0.3 is 0 Å². The minimum atomic E-state index is 0.748. The number of nitrogens with zero attached hydrogens (tertiary/aromatic N) is 2. The van der Waals surface area contributed by atoms with Gasteiger partial charge in [0.2, 0.25) is 0 Å². The Kier molecular flexibility index (Phi) is 4.08. The SMILES string of the molecule is Cc1cccc2c1N(CC1CCCN(C)C1)c1ccccc1S2. The first-order chi connectivity index (χ1) is 11.2. The summed E-state index contributed by atoms with van der Waals surface area (Å²) >= 11 is 1.91. The number of hydrogen-bond donors (Lipinski definition) is 0. The molecule has 0 amide bonds. The van der Waals surface area contributed by atoms with E-state index in [0.717, 1.165) is 12.5 Å². The third kappa shape index (κ3) is 2.88. The summed E-state index contributed by atoms with van der Waals surface area (Å²) in [7, 11) is 2.26. The highest BCUT2D eigenvalue weighted by atomic mass is 32.2. The number of piperidine rings is 1. The summed E-state index contributed by atoms with van der Waals surface area (Å²) < 4.78 is 0. The Hall–Kier alpha value is -1.45. The van der Waals surface area contributed by atoms with Gasteiger partial charge in [0.05, 0.1) is 11.4 Å². The maximum atomic E-state index is 2.58. The molecule has 4 rings (SSSR count). The Morgan fingerprint density at radius 2 is 1.91 bits per heavy atom. The molecular weight excluding hydrogens is 300 g/mol. The van der Waals surface area contributed by atoms with Crippen LogP contribution in [0.3, 0.4) is 0 Å². The van der Waals surface area contributed by atoms with Crippen molar-refractivity contribution in [2.45, 2.75) is 29.6 Å². The van der Waals surface area contributed by atoms with E-state index in [-0.39, 0.29) is 0 Å². The number of hydrogen-bond acceptors (Lipinski definition) is 3. The van der Waals surface area contributed by atoms with Crippen LogP contribution in [0.4, 0.5) is 11.4 Å². The van der Waals surface area contributed by atoms with Gasteiger partial charge in [0.1, 0.15) is 0 Å². The van der Waals surface area contributed by atoms with Crippen LogP contribution in [0, 0.1) is 12.8 Å². The average molecular weight is 324 g/mol. The zero-order valence-electron chi connectivity index (χ0n) is 14.0. The molecule has 23 heavy (non-hydrogen) atoms. The van der Waals surface area contributed by atoms with E-state index in [0.29, 0.717) is 0 Å². The van der Waals surface area contributed by atoms with Crippen molar-refractivity contribution in [1.82, 2.24) is 4.90 Å². The summed E-state index contributed by atoms with van der Waals surface area (Å²) in [5.74, 6) is 0.748. The highest BCUT2D eigenvalue weighted by molar-refractivity contribution is 7.99. The van der Waals surface area contributed by atoms with Crippen molar-refractivity contribution in [3.63, 3.8) is 0 Å². The second kappa shape index (κ2) is 6.21. The topological polar surface area (TPSA) is 6.48 Å². The molecule has 0 saturated carbocycles. The fraction of sp³-hybridized carbons (Fsp3) is 0.400. The lowest BCUT2D eigenvalue weighted by atomic mass is 9.97. The predicted molar refractivity (Wildman–Crippen MR) is 99.0 cm³/mol. The minimum absolute atomic E-state index is 0.748. The van der Waals surface area contributed by atoms with Gasteiger partial charge in [-0.15, -0.1) is 0 Å². The van der Waals surface area contributed by atoms with Crippen LogP contribution < -0.4 is 4.90 Å². The molecule has 0 aliphatic carbocycles. The quantitative estimate of drug-likeness (QED) is 0.772. The first-order valence-corrected chi connectivity index (χ1v) is 9.36. The van der Waals surface area contributed by atoms with Crippen molar-refractivity contribution in [2.24, 2.45) is 5.92 Å². The molecule has 0 spiro atoms. The van der Waals surface area contributed by atoms with E-state index in [9.17, 15) is 0 Å². The lowest BCUT2D eigenvalue weighted by Gasteiger charge is -2.39. The van der Waals surface area contributed by atoms with Crippen LogP contribution in [0.25, 0.3) is 0 Å². The second-order valence-electron chi connectivity index (χ2n) is 6.87. The lowest BCUT2D eigenvalue weighted by Crippen LogP contribution is -2.38. The van der Waals surface area contributed by atoms with E-state index in [1.807, 2.05) is 11.8 Å². The van der Waals surface area contributed by atoms with E-state index in [1.165, 1.54) is 52.7 Å². The van der Waals surface area contributed by atoms with Gasteiger partial charge in [0.25, 0.3) is 0 Å². The number of rotatable bonds is 2. The van der Waals surface area contributed by atoms with Crippen LogP contribution >= 0.6 is 11.8 Å². The maximum absolute atomic E-state index is 2.58. The van der Waals surface area contributed by atoms with Gasteiger partial charge in [0.15, 0.2) is 0 Å². The van der Waals surface area contributed by atoms with Crippen LogP contribution in [0.1, 0.15) is 18.4 Å². The molecule has 1 atom stereocenters. The molecule has 1 fully saturated rings. The minimum Gasteiger partial charge on any atom is -0.339 e. The van der Waals surface area contributed by atoms with Gasteiger partial charge in [-0.1, -0.05) is 36.0 Å². The zero-order chi connectivity index (χ0) is 15.8. The lowest BCUT2D eigenvalue weighted by molar-refractivity contribution is 0.214. The number of benzene rings is 2. The van der Waals surface area contributed by atoms with Crippen molar-refractivity contribution in [3.8, 4) is 0 Å². The molecule has 2 aromatic carbocycles. The summed E-state index contributed by atoms with van der Waals surface area (Å²) in [5, 5.41) is 0. The third-order valence-electron chi connectivity index (χ3n) is 5.01. The molecule has 2 aromatic rings. The van der Waals surface area contributed by atoms with Crippen molar-refractivity contribution >= 4 is 23.1 Å². The normalized spacial score (nSPS) is 21.0. The Balaban J connectivity index is 1.73. The van der Waals surface area contributed by atoms with Crippen LogP contribution in [-0.2, 0) is 0 Å². The number of anilines is 2. The summed E-state index contributed by atoms with van der Waals surface area (Å²) in [6, 6.07) is 15.6. The molecule has 0 N–H and O–H groups in total. The third-order valence-corrected chi connectivity index (χ3v) is 6.12. The summed E-state index contributed by atoms with van der Waals surface area (Å²) in [6.45, 7) is 5.83. The van der Waals surface area contributed by atoms with Gasteiger partial charge in [0, 0.05) is 22.9 Å². The van der Waals surface area contributed by atoms with Crippen molar-refractivity contribution in [1.29, 1.82) is 0 Å². The largest absolute Gasteiger partial charge is 0.339 e. The van der Waals surface area contributed by atoms with Crippen LogP contribution in [-0.4, -0.2) is 31.6 Å². The highest BCUT2D eigenvalue weighted by Gasteiger charge is 2.28. The van der Waals surface area contributed by atoms with Gasteiger partial charge < -0.3 is 9.80 Å². The first kappa shape index (κ1) is 15.1. The number of likely N-dealkylation sites (tertiary alicyclic amines) is 1. The van der Waals surface area contributed by atoms with Gasteiger partial charge in [-0.3, -0.25) is 0 Å². The molecule has 2 nitrogen and oxygen atoms in total. The molecule has 2 aliphatic heterocycles. The van der Waals surface area contributed by atoms with Crippen molar-refractivity contribution in [2.75, 3.05) is 31.6 Å². The standard InChI is InChI=1S/C20H24N2S/c1-15-7-5-11-19-20(15)22(14-16-8-6-12-21(2)13-16)17-9-3-4-10-18(17)23-19/h3-5,7,9-11,16H,6,8,12-14H2,1-2H3. The number of fused-ring (bicyclic) bond motifs is 2. The molecule has 1 unspecified atom stereocenters. The summed E-state index contributed by atoms with van der Waals surface area (Å²) in [5.41, 5.74) is 4.19. The Morgan fingerprint density at radius 3 is 2.78 bits per heavy atom. The van der Waals surface area contributed by atoms with Crippen LogP contribution in [0.2, 0.25) is 0 Å². The molecule has 3 heteroatoms. The van der Waals surface area contributed by atoms with Crippen LogP contribution in [0.5, 0.6) is 0 Å². The zero-order valence-corrected chi connectivity index (χ0v) is 14.8. The predicted octanol–water partition coefficient (Wildman–Crippen LogP) is 4.94. The fourth-order valence-corrected chi connectivity index (χ4v) is 5.12. The van der Waals surface area contributed by atoms with E-state index in [4.69, 9.17) is 0 Å². The second-order valence-corrected chi connectivity index (χ2v) is 7.96. The number of aryl methyl sites for hydroxylation is 1. The highest BCUT2D eigenvalue weighted by Crippen LogP contribution is 2.49. The fourth-order valence-electron chi connectivity index (χ4n) is 3.94. The van der Waals surface area contributed by atoms with Gasteiger partial charge in [-0.25, -0.2) is 0 Å². The van der Waals surface area contributed by atoms with E-state index >= 15 is 0 Å². The maximum Gasteiger partial charge on any atom is 0.0582 e. The van der Waals surface area contributed by atoms with E-state index in [2.05, 4.69) is 66.2 Å². The average Bonchev–Trinajstić information content (AvgIpc) is 2.55. The molecule has 2 aliphatic rings. The Labute approximate surface area is 143 Å². The van der Waals surface area contributed by atoms with Crippen LogP contribution in [0.15, 0.2) is 52.3 Å². The monoisotopic (exact) mass is 324 g/mol. The van der Waals surface area contributed by atoms with Gasteiger partial charge in [-0.05, 0) is 63.0 Å². The van der Waals surface area contributed by atoms with Crippen molar-refractivity contribution < 1.29 is 0 Å². The smallest absolute Gasteiger partial charge is 0.0582 e. The molecular formula is C20H24N2S. The summed E-state index contributed by atoms with van der Waals surface area (Å²) in [6.07, 6.45) is 2.67. The Morgan fingerprint density at radius 1 is 1.09 bits per heavy atom. The first-order valence-electron chi connectivity index (χ1n) is 8.55. The van der Waals surface area contributed by atoms with E-state index < -0.39 is 0 Å². The van der Waals surface area contributed by atoms with Crippen molar-refractivity contribution in [3.05, 3.63) is 48.0 Å². The molecule has 0 bridgehead atoms. The number of para-hydroxylation sites is 2. The molecule has 0 aromatic heterocycles. The van der Waals surface area contributed by atoms with Gasteiger partial charge in [-0.2, -0.15) is 0 Å². The summed E-state index contributed by atoms with van der Waals surface area (Å²) in [4.78, 5) is 7.85. The Bertz CT molecular complexity index is 713.